The molecule has 1 saturated carbocycles. The van der Waals surface area contributed by atoms with Crippen LogP contribution in [0, 0.1) is 0 Å². The van der Waals surface area contributed by atoms with Crippen molar-refractivity contribution in [1.82, 2.24) is 10.3 Å². The number of benzene rings is 1. The summed E-state index contributed by atoms with van der Waals surface area (Å²) in [6.07, 6.45) is 5.16. The monoisotopic (exact) mass is 302 g/mol. The first-order valence-corrected chi connectivity index (χ1v) is 7.73. The molecule has 2 aromatic rings. The first-order valence-electron chi connectivity index (χ1n) is 7.36. The molecule has 0 unspecified atom stereocenters. The van der Waals surface area contributed by atoms with Gasteiger partial charge in [-0.3, -0.25) is 4.98 Å². The highest BCUT2D eigenvalue weighted by molar-refractivity contribution is 6.32. The maximum Gasteiger partial charge on any atom is 0.137 e. The summed E-state index contributed by atoms with van der Waals surface area (Å²) in [5, 5.41) is 4.15. The number of pyridine rings is 1. The van der Waals surface area contributed by atoms with Crippen molar-refractivity contribution in [3.63, 3.8) is 0 Å². The highest BCUT2D eigenvalue weighted by atomic mass is 35.5. The van der Waals surface area contributed by atoms with Gasteiger partial charge in [0.2, 0.25) is 0 Å². The summed E-state index contributed by atoms with van der Waals surface area (Å²) in [5.74, 6) is 0.739. The molecular formula is C17H19ClN2O. The standard InChI is InChI=1S/C17H19ClN2O/c18-16-11-13(12-20-15-5-6-15)4-7-17(16)21-10-8-14-3-1-2-9-19-14/h1-4,7,9,11,15,20H,5-6,8,10,12H2. The molecule has 0 bridgehead atoms. The summed E-state index contributed by atoms with van der Waals surface area (Å²) < 4.78 is 5.74. The van der Waals surface area contributed by atoms with Crippen LogP contribution in [0.4, 0.5) is 0 Å². The molecule has 4 heteroatoms. The van der Waals surface area contributed by atoms with Crippen molar-refractivity contribution >= 4 is 11.6 Å². The van der Waals surface area contributed by atoms with Gasteiger partial charge in [0.1, 0.15) is 5.75 Å². The van der Waals surface area contributed by atoms with Crippen molar-refractivity contribution in [2.75, 3.05) is 6.61 Å². The van der Waals surface area contributed by atoms with E-state index in [2.05, 4.69) is 16.4 Å². The maximum atomic E-state index is 6.27. The van der Waals surface area contributed by atoms with Crippen LogP contribution in [0.25, 0.3) is 0 Å². The second-order valence-electron chi connectivity index (χ2n) is 5.34. The van der Waals surface area contributed by atoms with Crippen molar-refractivity contribution in [3.05, 3.63) is 58.9 Å². The zero-order chi connectivity index (χ0) is 14.5. The molecule has 110 valence electrons. The number of nitrogens with zero attached hydrogens (tertiary/aromatic N) is 1. The molecule has 0 radical (unpaired) electrons. The van der Waals surface area contributed by atoms with Gasteiger partial charge in [-0.15, -0.1) is 0 Å². The number of hydrogen-bond donors (Lipinski definition) is 1. The third-order valence-electron chi connectivity index (χ3n) is 3.51. The highest BCUT2D eigenvalue weighted by Gasteiger charge is 2.20. The van der Waals surface area contributed by atoms with Crippen molar-refractivity contribution < 1.29 is 4.74 Å². The Balaban J connectivity index is 1.50. The lowest BCUT2D eigenvalue weighted by Gasteiger charge is -2.10. The molecule has 1 aromatic heterocycles. The van der Waals surface area contributed by atoms with Crippen LogP contribution in [0.5, 0.6) is 5.75 Å². The Bertz CT molecular complexity index is 585. The van der Waals surface area contributed by atoms with Crippen LogP contribution in [0.15, 0.2) is 42.6 Å². The number of rotatable bonds is 7. The van der Waals surface area contributed by atoms with Crippen LogP contribution in [0.3, 0.4) is 0 Å². The van der Waals surface area contributed by atoms with Gasteiger partial charge in [-0.05, 0) is 42.7 Å². The van der Waals surface area contributed by atoms with Gasteiger partial charge < -0.3 is 10.1 Å². The largest absolute Gasteiger partial charge is 0.492 e. The average molecular weight is 303 g/mol. The van der Waals surface area contributed by atoms with Gasteiger partial charge in [0.15, 0.2) is 0 Å². The number of hydrogen-bond acceptors (Lipinski definition) is 3. The highest BCUT2D eigenvalue weighted by Crippen LogP contribution is 2.26. The molecule has 1 heterocycles. The lowest BCUT2D eigenvalue weighted by Crippen LogP contribution is -2.15. The van der Waals surface area contributed by atoms with Gasteiger partial charge in [-0.1, -0.05) is 23.7 Å². The van der Waals surface area contributed by atoms with E-state index in [-0.39, 0.29) is 0 Å². The maximum absolute atomic E-state index is 6.27. The third kappa shape index (κ3) is 4.45. The zero-order valence-electron chi connectivity index (χ0n) is 11.9. The molecule has 0 aliphatic heterocycles. The van der Waals surface area contributed by atoms with Gasteiger partial charge >= 0.3 is 0 Å². The summed E-state index contributed by atoms with van der Waals surface area (Å²) in [6.45, 7) is 1.45. The van der Waals surface area contributed by atoms with E-state index in [0.717, 1.165) is 24.4 Å². The Morgan fingerprint density at radius 2 is 2.14 bits per heavy atom. The quantitative estimate of drug-likeness (QED) is 0.848. The number of aromatic nitrogens is 1. The van der Waals surface area contributed by atoms with E-state index in [0.29, 0.717) is 17.7 Å². The van der Waals surface area contributed by atoms with Gasteiger partial charge in [-0.25, -0.2) is 0 Å². The normalized spacial score (nSPS) is 14.1. The molecule has 0 spiro atoms. The number of nitrogens with one attached hydrogen (secondary N) is 1. The lowest BCUT2D eigenvalue weighted by atomic mass is 10.2. The summed E-state index contributed by atoms with van der Waals surface area (Å²) in [4.78, 5) is 4.27. The molecule has 1 fully saturated rings. The van der Waals surface area contributed by atoms with Gasteiger partial charge in [-0.2, -0.15) is 0 Å². The van der Waals surface area contributed by atoms with E-state index in [9.17, 15) is 0 Å². The second kappa shape index (κ2) is 6.92. The molecule has 1 aliphatic rings. The van der Waals surface area contributed by atoms with Gasteiger partial charge in [0.05, 0.1) is 11.6 Å². The van der Waals surface area contributed by atoms with Crippen LogP contribution in [0.2, 0.25) is 5.02 Å². The first-order chi connectivity index (χ1) is 10.3. The van der Waals surface area contributed by atoms with Crippen molar-refractivity contribution in [2.24, 2.45) is 0 Å². The van der Waals surface area contributed by atoms with Crippen molar-refractivity contribution in [2.45, 2.75) is 31.8 Å². The topological polar surface area (TPSA) is 34.1 Å². The predicted molar refractivity (Wildman–Crippen MR) is 84.7 cm³/mol. The smallest absolute Gasteiger partial charge is 0.137 e. The molecule has 1 N–H and O–H groups in total. The van der Waals surface area contributed by atoms with E-state index in [1.165, 1.54) is 18.4 Å². The molecule has 0 atom stereocenters. The van der Waals surface area contributed by atoms with E-state index in [1.807, 2.05) is 30.3 Å². The fourth-order valence-corrected chi connectivity index (χ4v) is 2.39. The fraction of sp³-hybridized carbons (Fsp3) is 0.353. The van der Waals surface area contributed by atoms with Gasteiger partial charge in [0, 0.05) is 30.9 Å². The van der Waals surface area contributed by atoms with E-state index >= 15 is 0 Å². The minimum absolute atomic E-state index is 0.580. The summed E-state index contributed by atoms with van der Waals surface area (Å²) in [6, 6.07) is 12.6. The summed E-state index contributed by atoms with van der Waals surface area (Å²) >= 11 is 6.27. The SMILES string of the molecule is Clc1cc(CNC2CC2)ccc1OCCc1ccccn1. The Hall–Kier alpha value is -1.58. The molecule has 1 aliphatic carbocycles. The van der Waals surface area contributed by atoms with Crippen LogP contribution in [-0.2, 0) is 13.0 Å². The van der Waals surface area contributed by atoms with Crippen LogP contribution < -0.4 is 10.1 Å². The molecule has 0 amide bonds. The molecular weight excluding hydrogens is 284 g/mol. The third-order valence-corrected chi connectivity index (χ3v) is 3.81. The van der Waals surface area contributed by atoms with Crippen molar-refractivity contribution in [3.8, 4) is 5.75 Å². The molecule has 3 rings (SSSR count). The molecule has 1 aromatic carbocycles. The summed E-state index contributed by atoms with van der Waals surface area (Å²) in [5.41, 5.74) is 2.22. The van der Waals surface area contributed by atoms with Gasteiger partial charge in [0.25, 0.3) is 0 Å². The Kier molecular flexibility index (Phi) is 4.73. The zero-order valence-corrected chi connectivity index (χ0v) is 12.6. The summed E-state index contributed by atoms with van der Waals surface area (Å²) in [7, 11) is 0. The first kappa shape index (κ1) is 14.4. The minimum Gasteiger partial charge on any atom is -0.492 e. The van der Waals surface area contributed by atoms with E-state index in [1.54, 1.807) is 6.20 Å². The fourth-order valence-electron chi connectivity index (χ4n) is 2.13. The minimum atomic E-state index is 0.580. The molecule has 21 heavy (non-hydrogen) atoms. The number of ether oxygens (including phenoxy) is 1. The van der Waals surface area contributed by atoms with Crippen LogP contribution in [0.1, 0.15) is 24.1 Å². The Morgan fingerprint density at radius 3 is 2.86 bits per heavy atom. The van der Waals surface area contributed by atoms with Crippen molar-refractivity contribution in [1.29, 1.82) is 0 Å². The average Bonchev–Trinajstić information content (AvgIpc) is 3.32. The van der Waals surface area contributed by atoms with E-state index in [4.69, 9.17) is 16.3 Å². The van der Waals surface area contributed by atoms with Crippen LogP contribution >= 0.6 is 11.6 Å². The molecule has 3 nitrogen and oxygen atoms in total. The predicted octanol–water partition coefficient (Wildman–Crippen LogP) is 3.61. The molecule has 0 saturated heterocycles. The van der Waals surface area contributed by atoms with E-state index < -0.39 is 0 Å². The van der Waals surface area contributed by atoms with Crippen LogP contribution in [-0.4, -0.2) is 17.6 Å². The number of halogens is 1. The second-order valence-corrected chi connectivity index (χ2v) is 5.75. The Labute approximate surface area is 130 Å². The lowest BCUT2D eigenvalue weighted by molar-refractivity contribution is 0.320. The Morgan fingerprint density at radius 1 is 1.24 bits per heavy atom.